The molecule has 0 aliphatic heterocycles. The van der Waals surface area contributed by atoms with E-state index in [0.717, 1.165) is 11.1 Å². The van der Waals surface area contributed by atoms with Gasteiger partial charge >= 0.3 is 17.6 Å². The van der Waals surface area contributed by atoms with Crippen molar-refractivity contribution in [2.45, 2.75) is 20.0 Å². The first kappa shape index (κ1) is 18.1. The quantitative estimate of drug-likeness (QED) is 0.256. The summed E-state index contributed by atoms with van der Waals surface area (Å²) in [7, 11) is 0. The van der Waals surface area contributed by atoms with Crippen molar-refractivity contribution in [2.24, 2.45) is 0 Å². The molecule has 0 fully saturated rings. The third-order valence-corrected chi connectivity index (χ3v) is 3.49. The van der Waals surface area contributed by atoms with Crippen LogP contribution in [-0.4, -0.2) is 33.9 Å². The summed E-state index contributed by atoms with van der Waals surface area (Å²) in [6, 6.07) is 18.8. The summed E-state index contributed by atoms with van der Waals surface area (Å²) in [4.78, 5) is 28.9. The van der Waals surface area contributed by atoms with E-state index in [0.29, 0.717) is 0 Å². The van der Waals surface area contributed by atoms with Gasteiger partial charge in [0.05, 0.1) is 6.61 Å². The van der Waals surface area contributed by atoms with Crippen LogP contribution in [0.2, 0.25) is 0 Å². The number of nitrogens with zero attached hydrogens (tertiary/aromatic N) is 3. The highest BCUT2D eigenvalue weighted by Crippen LogP contribution is 2.11. The molecule has 0 heterocycles. The molecule has 25 heavy (non-hydrogen) atoms. The van der Waals surface area contributed by atoms with Gasteiger partial charge in [-0.25, -0.2) is 4.79 Å². The molecule has 0 N–H and O–H groups in total. The Morgan fingerprint density at radius 3 is 1.84 bits per heavy atom. The zero-order valence-corrected chi connectivity index (χ0v) is 14.0. The van der Waals surface area contributed by atoms with E-state index < -0.39 is 17.6 Å². The molecule has 0 aliphatic rings. The Morgan fingerprint density at radius 2 is 1.44 bits per heavy atom. The summed E-state index contributed by atoms with van der Waals surface area (Å²) in [6.07, 6.45) is 0. The van der Waals surface area contributed by atoms with E-state index in [2.05, 4.69) is 4.79 Å². The molecule has 0 saturated heterocycles. The van der Waals surface area contributed by atoms with Crippen molar-refractivity contribution in [3.63, 3.8) is 0 Å². The summed E-state index contributed by atoms with van der Waals surface area (Å²) >= 11 is 0. The van der Waals surface area contributed by atoms with Crippen LogP contribution in [0.15, 0.2) is 60.7 Å². The molecular formula is C19H19N3O3. The minimum Gasteiger partial charge on any atom is -0.457 e. The molecule has 0 spiro atoms. The first-order valence-corrected chi connectivity index (χ1v) is 7.92. The Hall–Kier alpha value is -3.24. The van der Waals surface area contributed by atoms with Crippen LogP contribution in [-0.2, 0) is 27.4 Å². The molecule has 6 nitrogen and oxygen atoms in total. The number of esters is 1. The number of rotatable bonds is 7. The predicted octanol–water partition coefficient (Wildman–Crippen LogP) is 2.45. The fourth-order valence-corrected chi connectivity index (χ4v) is 2.33. The monoisotopic (exact) mass is 337 g/mol. The van der Waals surface area contributed by atoms with E-state index in [1.54, 1.807) is 6.92 Å². The second-order valence-corrected chi connectivity index (χ2v) is 5.30. The van der Waals surface area contributed by atoms with Crippen LogP contribution in [0.5, 0.6) is 0 Å². The fourth-order valence-electron chi connectivity index (χ4n) is 2.33. The Balaban J connectivity index is 2.27. The fraction of sp³-hybridized carbons (Fsp3) is 0.211. The molecule has 128 valence electrons. The topological polar surface area (TPSA) is 83.0 Å². The van der Waals surface area contributed by atoms with Crippen molar-refractivity contribution in [2.75, 3.05) is 6.61 Å². The van der Waals surface area contributed by atoms with Gasteiger partial charge in [-0.2, -0.15) is 4.79 Å². The van der Waals surface area contributed by atoms with Crippen molar-refractivity contribution in [3.05, 3.63) is 77.3 Å². The Morgan fingerprint density at radius 1 is 0.960 bits per heavy atom. The van der Waals surface area contributed by atoms with Crippen molar-refractivity contribution in [1.29, 1.82) is 0 Å². The van der Waals surface area contributed by atoms with E-state index in [-0.39, 0.29) is 19.7 Å². The van der Waals surface area contributed by atoms with Gasteiger partial charge in [0.2, 0.25) is 0 Å². The van der Waals surface area contributed by atoms with Gasteiger partial charge in [-0.15, -0.1) is 0 Å². The van der Waals surface area contributed by atoms with Crippen molar-refractivity contribution in [3.8, 4) is 0 Å². The van der Waals surface area contributed by atoms with Crippen LogP contribution in [0.1, 0.15) is 18.1 Å². The number of hydrogen-bond donors (Lipinski definition) is 0. The first-order valence-electron chi connectivity index (χ1n) is 7.92. The molecule has 2 rings (SSSR count). The highest BCUT2D eigenvalue weighted by molar-refractivity contribution is 6.61. The predicted molar refractivity (Wildman–Crippen MR) is 92.4 cm³/mol. The third kappa shape index (κ3) is 5.12. The zero-order chi connectivity index (χ0) is 18.1. The number of hydrogen-bond acceptors (Lipinski definition) is 3. The third-order valence-electron chi connectivity index (χ3n) is 3.49. The molecule has 0 aliphatic carbocycles. The number of carbonyl (C=O) groups excluding carboxylic acids is 2. The second-order valence-electron chi connectivity index (χ2n) is 5.30. The molecule has 0 saturated carbocycles. The van der Waals surface area contributed by atoms with Crippen LogP contribution in [0.3, 0.4) is 0 Å². The van der Waals surface area contributed by atoms with E-state index in [9.17, 15) is 9.59 Å². The smallest absolute Gasteiger partial charge is 0.457 e. The summed E-state index contributed by atoms with van der Waals surface area (Å²) in [6.45, 7) is 2.24. The Bertz CT molecular complexity index is 728. The Kier molecular flexibility index (Phi) is 6.63. The van der Waals surface area contributed by atoms with E-state index >= 15 is 0 Å². The molecule has 0 bridgehead atoms. The van der Waals surface area contributed by atoms with E-state index in [4.69, 9.17) is 10.3 Å². The maximum absolute atomic E-state index is 12.7. The minimum atomic E-state index is -0.943. The summed E-state index contributed by atoms with van der Waals surface area (Å²) in [5.74, 6) is -1.63. The van der Waals surface area contributed by atoms with Crippen molar-refractivity contribution < 1.29 is 19.1 Å². The van der Waals surface area contributed by atoms with Gasteiger partial charge in [0.1, 0.15) is 0 Å². The van der Waals surface area contributed by atoms with Gasteiger partial charge in [0.15, 0.2) is 0 Å². The lowest BCUT2D eigenvalue weighted by Crippen LogP contribution is -2.40. The zero-order valence-electron chi connectivity index (χ0n) is 14.0. The van der Waals surface area contributed by atoms with Gasteiger partial charge in [0, 0.05) is 13.1 Å². The maximum atomic E-state index is 12.7. The molecule has 0 unspecified atom stereocenters. The first-order chi connectivity index (χ1) is 12.2. The SMILES string of the molecule is CCOC(=O)C(=[N+]=[N-])C(=O)N(Cc1ccccc1)Cc1ccccc1. The molecule has 6 heteroatoms. The molecule has 2 aromatic rings. The van der Waals surface area contributed by atoms with Gasteiger partial charge in [-0.1, -0.05) is 60.7 Å². The van der Waals surface area contributed by atoms with Gasteiger partial charge in [0.25, 0.3) is 0 Å². The largest absolute Gasteiger partial charge is 0.463 e. The molecule has 0 radical (unpaired) electrons. The molecule has 2 aromatic carbocycles. The van der Waals surface area contributed by atoms with E-state index in [1.807, 2.05) is 60.7 Å². The van der Waals surface area contributed by atoms with E-state index in [1.165, 1.54) is 4.90 Å². The second kappa shape index (κ2) is 9.15. The maximum Gasteiger partial charge on any atom is 0.463 e. The highest BCUT2D eigenvalue weighted by Gasteiger charge is 2.35. The van der Waals surface area contributed by atoms with Crippen LogP contribution < -0.4 is 0 Å². The average Bonchev–Trinajstić information content (AvgIpc) is 2.63. The Labute approximate surface area is 146 Å². The normalized spacial score (nSPS) is 9.80. The molecular weight excluding hydrogens is 318 g/mol. The highest BCUT2D eigenvalue weighted by atomic mass is 16.5. The average molecular weight is 337 g/mol. The summed E-state index contributed by atoms with van der Waals surface area (Å²) in [5, 5.41) is 0. The number of benzene rings is 2. The van der Waals surface area contributed by atoms with Crippen LogP contribution in [0.4, 0.5) is 0 Å². The standard InChI is InChI=1S/C19H19N3O3/c1-2-25-19(24)17(21-20)18(23)22(13-15-9-5-3-6-10-15)14-16-11-7-4-8-12-16/h3-12H,2,13-14H2,1H3. The number of amides is 1. The van der Waals surface area contributed by atoms with Gasteiger partial charge < -0.3 is 15.2 Å². The van der Waals surface area contributed by atoms with Gasteiger partial charge in [-0.3, -0.25) is 4.79 Å². The number of ether oxygens (including phenoxy) is 1. The van der Waals surface area contributed by atoms with Crippen molar-refractivity contribution >= 4 is 17.6 Å². The lowest BCUT2D eigenvalue weighted by atomic mass is 10.1. The van der Waals surface area contributed by atoms with Crippen molar-refractivity contribution in [1.82, 2.24) is 4.90 Å². The van der Waals surface area contributed by atoms with Crippen LogP contribution >= 0.6 is 0 Å². The lowest BCUT2D eigenvalue weighted by molar-refractivity contribution is -0.144. The summed E-state index contributed by atoms with van der Waals surface area (Å²) in [5.41, 5.74) is 10.3. The number of carbonyl (C=O) groups is 2. The molecule has 0 aromatic heterocycles. The van der Waals surface area contributed by atoms with Crippen LogP contribution in [0, 0.1) is 0 Å². The minimum absolute atomic E-state index is 0.0858. The summed E-state index contributed by atoms with van der Waals surface area (Å²) < 4.78 is 4.79. The molecule has 1 amide bonds. The lowest BCUT2D eigenvalue weighted by Gasteiger charge is -2.20. The van der Waals surface area contributed by atoms with Crippen LogP contribution in [0.25, 0.3) is 5.53 Å². The van der Waals surface area contributed by atoms with Gasteiger partial charge in [-0.05, 0) is 18.1 Å². The molecule has 0 atom stereocenters.